The molecule has 2 aliphatic rings. The van der Waals surface area contributed by atoms with Crippen LogP contribution < -0.4 is 21.3 Å². The van der Waals surface area contributed by atoms with Gasteiger partial charge < -0.3 is 56.3 Å². The number of aliphatic hydroxyl groups is 4. The predicted molar refractivity (Wildman–Crippen MR) is 189 cm³/mol. The highest BCUT2D eigenvalue weighted by Gasteiger charge is 2.36. The molecular weight excluding hydrogens is 692 g/mol. The SMILES string of the molecule is N[C@@H](Cc1ccc(N(CCNc2ncnc3c2ncn3[C@H]2C[C@H](O)[C@@H](CO)O2)CCNc2ncnc3c2ncn3[C@H]2C[C@H](O)[C@@H](CO)O2)cc1)C(=O)O. The lowest BCUT2D eigenvalue weighted by molar-refractivity contribution is -0.138. The van der Waals surface area contributed by atoms with E-state index in [9.17, 15) is 30.3 Å². The third kappa shape index (κ3) is 7.69. The van der Waals surface area contributed by atoms with Gasteiger partial charge in [0.1, 0.15) is 43.4 Å². The zero-order chi connectivity index (χ0) is 37.1. The predicted octanol–water partition coefficient (Wildman–Crippen LogP) is -0.768. The summed E-state index contributed by atoms with van der Waals surface area (Å²) < 4.78 is 15.1. The van der Waals surface area contributed by atoms with Gasteiger partial charge in [-0.1, -0.05) is 12.1 Å². The van der Waals surface area contributed by atoms with E-state index in [1.54, 1.807) is 21.8 Å². The highest BCUT2D eigenvalue weighted by molar-refractivity contribution is 5.83. The van der Waals surface area contributed by atoms with Crippen LogP contribution in [0.5, 0.6) is 0 Å². The van der Waals surface area contributed by atoms with E-state index < -0.39 is 48.9 Å². The van der Waals surface area contributed by atoms with E-state index in [1.165, 1.54) is 12.7 Å². The molecule has 5 aromatic rings. The molecule has 6 heterocycles. The number of aliphatic carboxylic acids is 1. The number of aromatic nitrogens is 8. The molecule has 2 saturated heterocycles. The van der Waals surface area contributed by atoms with E-state index >= 15 is 0 Å². The average Bonchev–Trinajstić information content (AvgIpc) is 3.96. The molecule has 7 atom stereocenters. The Balaban J connectivity index is 1.04. The molecule has 0 amide bonds. The fourth-order valence-electron chi connectivity index (χ4n) is 6.66. The minimum Gasteiger partial charge on any atom is -0.480 e. The molecule has 282 valence electrons. The quantitative estimate of drug-likeness (QED) is 0.0618. The standard InChI is InChI=1S/C33H42N12O8/c34-20(33(50)51)9-18-1-3-19(4-2-18)43(7-5-35-29-27-31(39-14-37-29)44(16-41-27)25-10-21(48)23(12-46)52-25)8-6-36-30-28-32(40-15-38-30)45(17-42-28)26-11-22(49)24(13-47)53-26/h1-4,14-17,20-26,46-49H,5-13,34H2,(H,50,51)(H,35,37,39)(H,36,38,40)/t20-,21-,22-,23+,24+,25+,26+/m0/s1. The second kappa shape index (κ2) is 15.9. The second-order valence-corrected chi connectivity index (χ2v) is 13.0. The van der Waals surface area contributed by atoms with Gasteiger partial charge in [-0.15, -0.1) is 0 Å². The molecule has 0 saturated carbocycles. The number of nitrogens with two attached hydrogens (primary N) is 1. The molecule has 0 bridgehead atoms. The number of nitrogens with one attached hydrogen (secondary N) is 2. The minimum atomic E-state index is -1.06. The highest BCUT2D eigenvalue weighted by Crippen LogP contribution is 2.33. The van der Waals surface area contributed by atoms with E-state index in [-0.39, 0.29) is 19.6 Å². The largest absolute Gasteiger partial charge is 0.480 e. The van der Waals surface area contributed by atoms with Gasteiger partial charge in [0.25, 0.3) is 0 Å². The third-order valence-corrected chi connectivity index (χ3v) is 9.53. The number of carboxylic acid groups (broad SMARTS) is 1. The van der Waals surface area contributed by atoms with Crippen LogP contribution in [-0.2, 0) is 20.7 Å². The van der Waals surface area contributed by atoms with Crippen LogP contribution in [-0.4, -0.2) is 140 Å². The summed E-state index contributed by atoms with van der Waals surface area (Å²) in [4.78, 5) is 40.1. The van der Waals surface area contributed by atoms with Crippen molar-refractivity contribution in [2.75, 3.05) is 54.9 Å². The Labute approximate surface area is 302 Å². The number of imidazole rings is 2. The lowest BCUT2D eigenvalue weighted by Crippen LogP contribution is -2.34. The summed E-state index contributed by atoms with van der Waals surface area (Å²) in [5.74, 6) is -0.0270. The lowest BCUT2D eigenvalue weighted by atomic mass is 10.1. The molecule has 0 spiro atoms. The number of nitrogens with zero attached hydrogens (tertiary/aromatic N) is 9. The van der Waals surface area contributed by atoms with E-state index in [0.29, 0.717) is 73.0 Å². The lowest BCUT2D eigenvalue weighted by Gasteiger charge is -2.26. The summed E-state index contributed by atoms with van der Waals surface area (Å²) >= 11 is 0. The maximum atomic E-state index is 11.3. The number of carboxylic acids is 1. The number of rotatable bonds is 16. The zero-order valence-corrected chi connectivity index (χ0v) is 28.6. The van der Waals surface area contributed by atoms with Gasteiger partial charge >= 0.3 is 5.97 Å². The molecule has 9 N–H and O–H groups in total. The van der Waals surface area contributed by atoms with Gasteiger partial charge in [0.05, 0.1) is 38.1 Å². The van der Waals surface area contributed by atoms with Crippen molar-refractivity contribution in [3.8, 4) is 0 Å². The van der Waals surface area contributed by atoms with Crippen LogP contribution in [0.15, 0.2) is 49.6 Å². The molecule has 7 rings (SSSR count). The summed E-state index contributed by atoms with van der Waals surface area (Å²) in [7, 11) is 0. The number of benzene rings is 1. The van der Waals surface area contributed by atoms with Crippen LogP contribution in [0, 0.1) is 0 Å². The van der Waals surface area contributed by atoms with Crippen molar-refractivity contribution < 1.29 is 39.8 Å². The first-order valence-corrected chi connectivity index (χ1v) is 17.3. The monoisotopic (exact) mass is 734 g/mol. The van der Waals surface area contributed by atoms with Crippen LogP contribution in [0.25, 0.3) is 22.3 Å². The summed E-state index contributed by atoms with van der Waals surface area (Å²) in [5, 5.41) is 55.5. The van der Waals surface area contributed by atoms with E-state index in [1.807, 2.05) is 24.3 Å². The van der Waals surface area contributed by atoms with E-state index in [4.69, 9.17) is 15.2 Å². The summed E-state index contributed by atoms with van der Waals surface area (Å²) in [6.07, 6.45) is 2.78. The smallest absolute Gasteiger partial charge is 0.320 e. The summed E-state index contributed by atoms with van der Waals surface area (Å²) in [6, 6.07) is 6.56. The van der Waals surface area contributed by atoms with Crippen molar-refractivity contribution in [2.24, 2.45) is 5.73 Å². The van der Waals surface area contributed by atoms with Gasteiger partial charge in [0, 0.05) is 44.7 Å². The van der Waals surface area contributed by atoms with Crippen LogP contribution in [0.4, 0.5) is 17.3 Å². The molecule has 0 unspecified atom stereocenters. The van der Waals surface area contributed by atoms with Crippen molar-refractivity contribution in [1.29, 1.82) is 0 Å². The van der Waals surface area contributed by atoms with Crippen molar-refractivity contribution >= 4 is 45.6 Å². The minimum absolute atomic E-state index is 0.197. The number of ether oxygens (including phenoxy) is 2. The third-order valence-electron chi connectivity index (χ3n) is 9.53. The fourth-order valence-corrected chi connectivity index (χ4v) is 6.66. The van der Waals surface area contributed by atoms with E-state index in [2.05, 4.69) is 45.4 Å². The van der Waals surface area contributed by atoms with E-state index in [0.717, 1.165) is 11.3 Å². The maximum absolute atomic E-state index is 11.3. The van der Waals surface area contributed by atoms with Gasteiger partial charge in [-0.3, -0.25) is 13.9 Å². The first-order chi connectivity index (χ1) is 25.7. The molecule has 53 heavy (non-hydrogen) atoms. The van der Waals surface area contributed by atoms with Crippen molar-refractivity contribution in [3.05, 3.63) is 55.1 Å². The van der Waals surface area contributed by atoms with Gasteiger partial charge in [0.15, 0.2) is 34.0 Å². The number of hydrogen-bond acceptors (Lipinski definition) is 17. The van der Waals surface area contributed by atoms with Crippen LogP contribution in [0.3, 0.4) is 0 Å². The Hall–Kier alpha value is -5.09. The maximum Gasteiger partial charge on any atom is 0.320 e. The molecule has 2 aliphatic heterocycles. The van der Waals surface area contributed by atoms with Crippen LogP contribution in [0.2, 0.25) is 0 Å². The zero-order valence-electron chi connectivity index (χ0n) is 28.6. The van der Waals surface area contributed by atoms with Crippen LogP contribution in [0.1, 0.15) is 30.9 Å². The average molecular weight is 735 g/mol. The van der Waals surface area contributed by atoms with Gasteiger partial charge in [-0.2, -0.15) is 0 Å². The van der Waals surface area contributed by atoms with Gasteiger partial charge in [-0.25, -0.2) is 29.9 Å². The highest BCUT2D eigenvalue weighted by atomic mass is 16.5. The molecule has 1 aromatic carbocycles. The Morgan fingerprint density at radius 2 is 1.30 bits per heavy atom. The molecule has 4 aromatic heterocycles. The van der Waals surface area contributed by atoms with Crippen molar-refractivity contribution in [1.82, 2.24) is 39.0 Å². The van der Waals surface area contributed by atoms with Gasteiger partial charge in [0.2, 0.25) is 0 Å². The molecule has 2 fully saturated rings. The molecular formula is C33H42N12O8. The number of hydrogen-bond donors (Lipinski definition) is 8. The Kier molecular flexibility index (Phi) is 10.9. The van der Waals surface area contributed by atoms with Crippen molar-refractivity contribution in [2.45, 2.75) is 62.2 Å². The summed E-state index contributed by atoms with van der Waals surface area (Å²) in [6.45, 7) is 1.38. The number of anilines is 3. The fraction of sp³-hybridized carbons (Fsp3) is 0.485. The van der Waals surface area contributed by atoms with Gasteiger partial charge in [-0.05, 0) is 24.1 Å². The summed E-state index contributed by atoms with van der Waals surface area (Å²) in [5.41, 5.74) is 9.56. The Morgan fingerprint density at radius 3 is 1.74 bits per heavy atom. The van der Waals surface area contributed by atoms with Crippen LogP contribution >= 0.6 is 0 Å². The first-order valence-electron chi connectivity index (χ1n) is 17.3. The Morgan fingerprint density at radius 1 is 0.811 bits per heavy atom. The number of fused-ring (bicyclic) bond motifs is 2. The molecule has 0 radical (unpaired) electrons. The first kappa shape index (κ1) is 36.3. The topological polar surface area (TPSA) is 277 Å². The Bertz CT molecular complexity index is 1900. The normalized spacial score (nSPS) is 23.5. The molecule has 20 nitrogen and oxygen atoms in total. The molecule has 0 aliphatic carbocycles. The number of carbonyl (C=O) groups is 1. The second-order valence-electron chi connectivity index (χ2n) is 13.0. The number of aliphatic hydroxyl groups excluding tert-OH is 4. The molecule has 20 heteroatoms. The van der Waals surface area contributed by atoms with Crippen molar-refractivity contribution in [3.63, 3.8) is 0 Å².